The average molecular weight is 260 g/mol. The molecule has 2 rings (SSSR count). The third-order valence-corrected chi connectivity index (χ3v) is 3.43. The SMILES string of the molecule is O=C(CC(C(=O)O)c1ccsc1)c1ccccc1. The molecule has 0 saturated heterocycles. The first-order valence-corrected chi connectivity index (χ1v) is 6.46. The van der Waals surface area contributed by atoms with Gasteiger partial charge < -0.3 is 5.11 Å². The van der Waals surface area contributed by atoms with Gasteiger partial charge in [-0.25, -0.2) is 0 Å². The van der Waals surface area contributed by atoms with Crippen molar-refractivity contribution in [2.75, 3.05) is 0 Å². The lowest BCUT2D eigenvalue weighted by atomic mass is 9.93. The Labute approximate surface area is 109 Å². The molecule has 1 aromatic heterocycles. The van der Waals surface area contributed by atoms with E-state index in [0.29, 0.717) is 11.1 Å². The van der Waals surface area contributed by atoms with Gasteiger partial charge in [-0.1, -0.05) is 30.3 Å². The third kappa shape index (κ3) is 2.84. The summed E-state index contributed by atoms with van der Waals surface area (Å²) in [6.45, 7) is 0. The predicted octanol–water partition coefficient (Wildman–Crippen LogP) is 3.19. The molecular formula is C14H12O3S. The molecule has 0 fully saturated rings. The highest BCUT2D eigenvalue weighted by molar-refractivity contribution is 7.08. The fourth-order valence-corrected chi connectivity index (χ4v) is 2.46. The van der Waals surface area contributed by atoms with E-state index in [1.807, 2.05) is 11.4 Å². The van der Waals surface area contributed by atoms with Crippen LogP contribution in [0.5, 0.6) is 0 Å². The molecule has 1 atom stereocenters. The molecule has 0 aliphatic rings. The summed E-state index contributed by atoms with van der Waals surface area (Å²) < 4.78 is 0. The van der Waals surface area contributed by atoms with Crippen molar-refractivity contribution < 1.29 is 14.7 Å². The minimum absolute atomic E-state index is 0.00389. The lowest BCUT2D eigenvalue weighted by molar-refractivity contribution is -0.138. The first kappa shape index (κ1) is 12.5. The molecular weight excluding hydrogens is 248 g/mol. The fraction of sp³-hybridized carbons (Fsp3) is 0.143. The summed E-state index contributed by atoms with van der Waals surface area (Å²) in [5.41, 5.74) is 1.25. The zero-order valence-electron chi connectivity index (χ0n) is 9.58. The first-order valence-electron chi connectivity index (χ1n) is 5.51. The molecule has 4 heteroatoms. The Morgan fingerprint density at radius 2 is 1.89 bits per heavy atom. The Hall–Kier alpha value is -1.94. The van der Waals surface area contributed by atoms with E-state index in [4.69, 9.17) is 0 Å². The zero-order valence-corrected chi connectivity index (χ0v) is 10.4. The van der Waals surface area contributed by atoms with Gasteiger partial charge in [-0.15, -0.1) is 0 Å². The fourth-order valence-electron chi connectivity index (χ4n) is 1.75. The molecule has 1 heterocycles. The number of hydrogen-bond acceptors (Lipinski definition) is 3. The van der Waals surface area contributed by atoms with Crippen LogP contribution < -0.4 is 0 Å². The lowest BCUT2D eigenvalue weighted by Crippen LogP contribution is -2.15. The number of carboxylic acid groups (broad SMARTS) is 1. The van der Waals surface area contributed by atoms with Crippen molar-refractivity contribution >= 4 is 23.1 Å². The normalized spacial score (nSPS) is 12.0. The number of carbonyl (C=O) groups is 2. The molecule has 92 valence electrons. The lowest BCUT2D eigenvalue weighted by Gasteiger charge is -2.09. The van der Waals surface area contributed by atoms with E-state index in [-0.39, 0.29) is 12.2 Å². The monoisotopic (exact) mass is 260 g/mol. The van der Waals surface area contributed by atoms with Crippen LogP contribution in [0.3, 0.4) is 0 Å². The number of hydrogen-bond donors (Lipinski definition) is 1. The second-order valence-electron chi connectivity index (χ2n) is 3.94. The Balaban J connectivity index is 2.16. The van der Waals surface area contributed by atoms with E-state index in [2.05, 4.69) is 0 Å². The Morgan fingerprint density at radius 3 is 2.44 bits per heavy atom. The van der Waals surface area contributed by atoms with Crippen molar-refractivity contribution in [1.29, 1.82) is 0 Å². The number of thiophene rings is 1. The van der Waals surface area contributed by atoms with Crippen LogP contribution in [-0.2, 0) is 4.79 Å². The summed E-state index contributed by atoms with van der Waals surface area (Å²) in [5.74, 6) is -1.86. The maximum Gasteiger partial charge on any atom is 0.311 e. The van der Waals surface area contributed by atoms with E-state index in [9.17, 15) is 14.7 Å². The highest BCUT2D eigenvalue weighted by Gasteiger charge is 2.24. The number of rotatable bonds is 5. The predicted molar refractivity (Wildman–Crippen MR) is 70.1 cm³/mol. The van der Waals surface area contributed by atoms with E-state index in [1.54, 1.807) is 35.7 Å². The highest BCUT2D eigenvalue weighted by atomic mass is 32.1. The van der Waals surface area contributed by atoms with E-state index < -0.39 is 11.9 Å². The van der Waals surface area contributed by atoms with Crippen molar-refractivity contribution in [1.82, 2.24) is 0 Å². The van der Waals surface area contributed by atoms with Crippen molar-refractivity contribution in [3.05, 3.63) is 58.3 Å². The summed E-state index contributed by atoms with van der Waals surface area (Å²) in [7, 11) is 0. The molecule has 3 nitrogen and oxygen atoms in total. The van der Waals surface area contributed by atoms with Crippen LogP contribution in [0, 0.1) is 0 Å². The van der Waals surface area contributed by atoms with Crippen LogP contribution in [-0.4, -0.2) is 16.9 Å². The molecule has 1 unspecified atom stereocenters. The van der Waals surface area contributed by atoms with E-state index >= 15 is 0 Å². The van der Waals surface area contributed by atoms with Gasteiger partial charge in [0.25, 0.3) is 0 Å². The van der Waals surface area contributed by atoms with Crippen molar-refractivity contribution in [2.24, 2.45) is 0 Å². The third-order valence-electron chi connectivity index (χ3n) is 2.73. The van der Waals surface area contributed by atoms with Crippen LogP contribution in [0.4, 0.5) is 0 Å². The topological polar surface area (TPSA) is 54.4 Å². The molecule has 0 spiro atoms. The number of carbonyl (C=O) groups excluding carboxylic acids is 1. The largest absolute Gasteiger partial charge is 0.481 e. The van der Waals surface area contributed by atoms with Gasteiger partial charge in [-0.2, -0.15) is 11.3 Å². The van der Waals surface area contributed by atoms with Gasteiger partial charge in [0.2, 0.25) is 0 Å². The molecule has 2 aromatic rings. The second-order valence-corrected chi connectivity index (χ2v) is 4.72. The molecule has 0 aliphatic heterocycles. The van der Waals surface area contributed by atoms with Gasteiger partial charge in [0.15, 0.2) is 5.78 Å². The van der Waals surface area contributed by atoms with Crippen molar-refractivity contribution in [3.63, 3.8) is 0 Å². The molecule has 0 radical (unpaired) electrons. The summed E-state index contributed by atoms with van der Waals surface area (Å²) in [6, 6.07) is 10.5. The van der Waals surface area contributed by atoms with Gasteiger partial charge in [-0.05, 0) is 22.4 Å². The van der Waals surface area contributed by atoms with Crippen LogP contribution in [0.15, 0.2) is 47.2 Å². The van der Waals surface area contributed by atoms with Gasteiger partial charge in [0, 0.05) is 12.0 Å². The minimum Gasteiger partial charge on any atom is -0.481 e. The molecule has 0 bridgehead atoms. The molecule has 0 aliphatic carbocycles. The highest BCUT2D eigenvalue weighted by Crippen LogP contribution is 2.24. The van der Waals surface area contributed by atoms with Gasteiger partial charge in [0.1, 0.15) is 0 Å². The number of ketones is 1. The minimum atomic E-state index is -0.960. The molecule has 0 amide bonds. The Kier molecular flexibility index (Phi) is 3.89. The van der Waals surface area contributed by atoms with Crippen LogP contribution in [0.25, 0.3) is 0 Å². The maximum absolute atomic E-state index is 12.0. The summed E-state index contributed by atoms with van der Waals surface area (Å²) in [6.07, 6.45) is -0.00389. The number of Topliss-reactive ketones (excluding diaryl/α,β-unsaturated/α-hetero) is 1. The summed E-state index contributed by atoms with van der Waals surface area (Å²) in [5, 5.41) is 12.8. The van der Waals surface area contributed by atoms with Gasteiger partial charge >= 0.3 is 5.97 Å². The maximum atomic E-state index is 12.0. The van der Waals surface area contributed by atoms with Crippen LogP contribution in [0.1, 0.15) is 28.3 Å². The average Bonchev–Trinajstić information content (AvgIpc) is 2.90. The second kappa shape index (κ2) is 5.60. The van der Waals surface area contributed by atoms with Crippen LogP contribution >= 0.6 is 11.3 Å². The van der Waals surface area contributed by atoms with Crippen molar-refractivity contribution in [3.8, 4) is 0 Å². The van der Waals surface area contributed by atoms with E-state index in [0.717, 1.165) is 0 Å². The first-order chi connectivity index (χ1) is 8.68. The van der Waals surface area contributed by atoms with Gasteiger partial charge in [0.05, 0.1) is 5.92 Å². The Morgan fingerprint density at radius 1 is 1.17 bits per heavy atom. The smallest absolute Gasteiger partial charge is 0.311 e. The summed E-state index contributed by atoms with van der Waals surface area (Å²) >= 11 is 1.43. The number of carboxylic acids is 1. The zero-order chi connectivity index (χ0) is 13.0. The van der Waals surface area contributed by atoms with E-state index in [1.165, 1.54) is 11.3 Å². The van der Waals surface area contributed by atoms with Crippen molar-refractivity contribution in [2.45, 2.75) is 12.3 Å². The summed E-state index contributed by atoms with van der Waals surface area (Å²) in [4.78, 5) is 23.2. The molecule has 0 saturated carbocycles. The molecule has 1 N–H and O–H groups in total. The Bertz CT molecular complexity index is 531. The number of aliphatic carboxylic acids is 1. The quantitative estimate of drug-likeness (QED) is 0.840. The van der Waals surface area contributed by atoms with Gasteiger partial charge in [-0.3, -0.25) is 9.59 Å². The number of benzene rings is 1. The standard InChI is InChI=1S/C14H12O3S/c15-13(10-4-2-1-3-5-10)8-12(14(16)17)11-6-7-18-9-11/h1-7,9,12H,8H2,(H,16,17). The molecule has 18 heavy (non-hydrogen) atoms. The molecule has 1 aromatic carbocycles. The van der Waals surface area contributed by atoms with Crippen LogP contribution in [0.2, 0.25) is 0 Å².